The molecule has 1 spiro atoms. The molecule has 27 heavy (non-hydrogen) atoms. The van der Waals surface area contributed by atoms with E-state index in [1.54, 1.807) is 30.3 Å². The summed E-state index contributed by atoms with van der Waals surface area (Å²) in [5, 5.41) is 2.73. The van der Waals surface area contributed by atoms with Crippen molar-refractivity contribution in [1.82, 2.24) is 10.2 Å². The predicted molar refractivity (Wildman–Crippen MR) is 93.4 cm³/mol. The molecule has 1 saturated heterocycles. The van der Waals surface area contributed by atoms with E-state index in [1.807, 2.05) is 0 Å². The summed E-state index contributed by atoms with van der Waals surface area (Å²) in [6.45, 7) is -0.549. The van der Waals surface area contributed by atoms with E-state index in [4.69, 9.17) is 9.47 Å². The Kier molecular flexibility index (Phi) is 5.43. The second-order valence-corrected chi connectivity index (χ2v) is 6.77. The van der Waals surface area contributed by atoms with Crippen LogP contribution in [0.15, 0.2) is 30.3 Å². The van der Waals surface area contributed by atoms with Crippen LogP contribution in [0.4, 0.5) is 4.79 Å². The van der Waals surface area contributed by atoms with Gasteiger partial charge >= 0.3 is 18.0 Å². The van der Waals surface area contributed by atoms with Gasteiger partial charge in [-0.25, -0.2) is 9.59 Å². The summed E-state index contributed by atoms with van der Waals surface area (Å²) in [6.07, 6.45) is 2.60. The van der Waals surface area contributed by atoms with Gasteiger partial charge in [-0.3, -0.25) is 14.5 Å². The smallest absolute Gasteiger partial charge is 0.351 e. The maximum Gasteiger partial charge on any atom is 0.351 e. The number of ether oxygens (including phenoxy) is 2. The van der Waals surface area contributed by atoms with Gasteiger partial charge in [0.05, 0.1) is 7.11 Å². The summed E-state index contributed by atoms with van der Waals surface area (Å²) < 4.78 is 9.93. The monoisotopic (exact) mass is 374 g/mol. The molecular formula is C19H22N2O6. The number of nitrogens with one attached hydrogen (secondary N) is 1. The zero-order valence-electron chi connectivity index (χ0n) is 15.1. The fraction of sp³-hybridized carbons (Fsp3) is 0.474. The van der Waals surface area contributed by atoms with Gasteiger partial charge in [0.15, 0.2) is 0 Å². The highest BCUT2D eigenvalue weighted by atomic mass is 16.6. The number of hydrogen-bond donors (Lipinski definition) is 1. The summed E-state index contributed by atoms with van der Waals surface area (Å²) in [5.41, 5.74) is -0.463. The van der Waals surface area contributed by atoms with Crippen molar-refractivity contribution in [3.63, 3.8) is 0 Å². The van der Waals surface area contributed by atoms with E-state index in [-0.39, 0.29) is 0 Å². The fourth-order valence-electron chi connectivity index (χ4n) is 3.60. The number of imide groups is 1. The highest BCUT2D eigenvalue weighted by Gasteiger charge is 2.51. The summed E-state index contributed by atoms with van der Waals surface area (Å²) in [5.74, 6) is -2.00. The zero-order valence-corrected chi connectivity index (χ0v) is 15.1. The van der Waals surface area contributed by atoms with E-state index < -0.39 is 42.1 Å². The first kappa shape index (κ1) is 18.9. The highest BCUT2D eigenvalue weighted by Crippen LogP contribution is 2.33. The van der Waals surface area contributed by atoms with Gasteiger partial charge in [0.1, 0.15) is 12.1 Å². The number of carbonyl (C=O) groups is 4. The van der Waals surface area contributed by atoms with Gasteiger partial charge in [-0.2, -0.15) is 0 Å². The van der Waals surface area contributed by atoms with E-state index in [2.05, 4.69) is 5.32 Å². The molecule has 0 bridgehead atoms. The number of rotatable bonds is 5. The van der Waals surface area contributed by atoms with Crippen LogP contribution in [0.2, 0.25) is 0 Å². The van der Waals surface area contributed by atoms with Crippen molar-refractivity contribution in [2.45, 2.75) is 43.7 Å². The molecule has 8 nitrogen and oxygen atoms in total. The van der Waals surface area contributed by atoms with E-state index >= 15 is 0 Å². The molecule has 1 atom stereocenters. The average Bonchev–Trinajstić information content (AvgIpc) is 2.90. The minimum absolute atomic E-state index is 0.404. The van der Waals surface area contributed by atoms with Crippen LogP contribution < -0.4 is 5.32 Å². The Hall–Kier alpha value is -2.90. The third-order valence-electron chi connectivity index (χ3n) is 5.01. The van der Waals surface area contributed by atoms with Crippen LogP contribution in [0.5, 0.6) is 0 Å². The highest BCUT2D eigenvalue weighted by molar-refractivity contribution is 6.08. The standard InChI is InChI=1S/C19H22N2O6/c1-26-16(23)15(13-8-4-2-5-9-13)27-14(22)12-21-17(24)19(20-18(21)25)10-6-3-7-11-19/h2,4-5,8-9,15H,3,6-7,10-12H2,1H3,(H,20,25). The normalized spacial score (nSPS) is 19.5. The van der Waals surface area contributed by atoms with E-state index in [9.17, 15) is 19.2 Å². The lowest BCUT2D eigenvalue weighted by Gasteiger charge is -2.30. The number of carbonyl (C=O) groups excluding carboxylic acids is 4. The van der Waals surface area contributed by atoms with Gasteiger partial charge in [0, 0.05) is 5.56 Å². The third kappa shape index (κ3) is 3.79. The maximum absolute atomic E-state index is 12.7. The first-order valence-corrected chi connectivity index (χ1v) is 8.93. The zero-order chi connectivity index (χ0) is 19.4. The number of hydrogen-bond acceptors (Lipinski definition) is 6. The van der Waals surface area contributed by atoms with Crippen molar-refractivity contribution in [2.75, 3.05) is 13.7 Å². The number of nitrogens with zero attached hydrogens (tertiary/aromatic N) is 1. The third-order valence-corrected chi connectivity index (χ3v) is 5.01. The summed E-state index contributed by atoms with van der Waals surface area (Å²) >= 11 is 0. The molecule has 0 radical (unpaired) electrons. The quantitative estimate of drug-likeness (QED) is 0.622. The van der Waals surface area contributed by atoms with Crippen LogP contribution in [0.1, 0.15) is 43.8 Å². The Morgan fingerprint density at radius 2 is 1.81 bits per heavy atom. The molecule has 1 unspecified atom stereocenters. The van der Waals surface area contributed by atoms with Crippen LogP contribution in [0, 0.1) is 0 Å². The van der Waals surface area contributed by atoms with E-state index in [0.717, 1.165) is 24.2 Å². The molecule has 1 N–H and O–H groups in total. The fourth-order valence-corrected chi connectivity index (χ4v) is 3.60. The summed E-state index contributed by atoms with van der Waals surface area (Å²) in [6, 6.07) is 7.80. The lowest BCUT2D eigenvalue weighted by atomic mass is 9.82. The van der Waals surface area contributed by atoms with E-state index in [0.29, 0.717) is 18.4 Å². The lowest BCUT2D eigenvalue weighted by molar-refractivity contribution is -0.167. The van der Waals surface area contributed by atoms with Crippen molar-refractivity contribution in [3.8, 4) is 0 Å². The van der Waals surface area contributed by atoms with Gasteiger partial charge in [-0.1, -0.05) is 49.6 Å². The van der Waals surface area contributed by atoms with Gasteiger partial charge in [-0.15, -0.1) is 0 Å². The number of benzene rings is 1. The Morgan fingerprint density at radius 3 is 2.44 bits per heavy atom. The SMILES string of the molecule is COC(=O)C(OC(=O)CN1C(=O)NC2(CCCCC2)C1=O)c1ccccc1. The molecule has 144 valence electrons. The van der Waals surface area contributed by atoms with Crippen LogP contribution in [0.3, 0.4) is 0 Å². The van der Waals surface area contributed by atoms with Gasteiger partial charge in [0.2, 0.25) is 6.10 Å². The molecule has 8 heteroatoms. The van der Waals surface area contributed by atoms with Crippen molar-refractivity contribution in [2.24, 2.45) is 0 Å². The first-order chi connectivity index (χ1) is 13.0. The molecule has 1 heterocycles. The van der Waals surface area contributed by atoms with Crippen molar-refractivity contribution >= 4 is 23.9 Å². The first-order valence-electron chi connectivity index (χ1n) is 8.93. The molecular weight excluding hydrogens is 352 g/mol. The molecule has 1 aromatic rings. The summed E-state index contributed by atoms with van der Waals surface area (Å²) in [4.78, 5) is 50.2. The molecule has 1 aliphatic carbocycles. The number of esters is 2. The van der Waals surface area contributed by atoms with Crippen LogP contribution in [-0.4, -0.2) is 48.0 Å². The van der Waals surface area contributed by atoms with E-state index in [1.165, 1.54) is 7.11 Å². The Bertz CT molecular complexity index is 742. The van der Waals surface area contributed by atoms with Gasteiger partial charge in [-0.05, 0) is 12.8 Å². The Labute approximate surface area is 156 Å². The number of urea groups is 1. The van der Waals surface area contributed by atoms with Crippen LogP contribution in [0.25, 0.3) is 0 Å². The van der Waals surface area contributed by atoms with Crippen molar-refractivity contribution in [1.29, 1.82) is 0 Å². The predicted octanol–water partition coefficient (Wildman–Crippen LogP) is 1.70. The molecule has 2 fully saturated rings. The molecule has 1 saturated carbocycles. The molecule has 0 aromatic heterocycles. The lowest BCUT2D eigenvalue weighted by Crippen LogP contribution is -2.48. The second-order valence-electron chi connectivity index (χ2n) is 6.77. The number of methoxy groups -OCH3 is 1. The minimum Gasteiger partial charge on any atom is -0.466 e. The molecule has 3 rings (SSSR count). The van der Waals surface area contributed by atoms with Crippen molar-refractivity contribution < 1.29 is 28.7 Å². The molecule has 1 aromatic carbocycles. The van der Waals surface area contributed by atoms with Gasteiger partial charge in [0.25, 0.3) is 5.91 Å². The molecule has 1 aliphatic heterocycles. The Morgan fingerprint density at radius 1 is 1.15 bits per heavy atom. The molecule has 2 aliphatic rings. The maximum atomic E-state index is 12.7. The van der Waals surface area contributed by atoms with Crippen molar-refractivity contribution in [3.05, 3.63) is 35.9 Å². The van der Waals surface area contributed by atoms with Gasteiger partial charge < -0.3 is 14.8 Å². The number of amides is 3. The molecule has 3 amide bonds. The van der Waals surface area contributed by atoms with Crippen LogP contribution in [-0.2, 0) is 23.9 Å². The van der Waals surface area contributed by atoms with Crippen LogP contribution >= 0.6 is 0 Å². The minimum atomic E-state index is -1.26. The Balaban J connectivity index is 1.69. The second kappa shape index (κ2) is 7.77. The summed E-state index contributed by atoms with van der Waals surface area (Å²) in [7, 11) is 1.19. The topological polar surface area (TPSA) is 102 Å². The largest absolute Gasteiger partial charge is 0.466 e. The average molecular weight is 374 g/mol.